The molecule has 0 saturated carbocycles. The van der Waals surface area contributed by atoms with E-state index in [4.69, 9.17) is 4.74 Å². The van der Waals surface area contributed by atoms with E-state index in [1.807, 2.05) is 12.3 Å². The Balaban J connectivity index is 1.39. The number of ether oxygens (including phenoxy) is 1. The molecule has 8 nitrogen and oxygen atoms in total. The zero-order valence-corrected chi connectivity index (χ0v) is 20.2. The highest BCUT2D eigenvalue weighted by atomic mass is 32.2. The fourth-order valence-electron chi connectivity index (χ4n) is 3.42. The molecule has 2 heterocycles. The minimum atomic E-state index is -3.69. The van der Waals surface area contributed by atoms with Crippen molar-refractivity contribution < 1.29 is 17.9 Å². The molecule has 2 aromatic carbocycles. The first kappa shape index (κ1) is 23.4. The van der Waals surface area contributed by atoms with Gasteiger partial charge < -0.3 is 4.74 Å². The maximum absolute atomic E-state index is 12.9. The summed E-state index contributed by atoms with van der Waals surface area (Å²) >= 11 is 1.38. The summed E-state index contributed by atoms with van der Waals surface area (Å²) in [6.07, 6.45) is 0. The molecule has 0 radical (unpaired) electrons. The first-order valence-corrected chi connectivity index (χ1v) is 12.9. The van der Waals surface area contributed by atoms with Crippen LogP contribution in [0.15, 0.2) is 58.8 Å². The molecule has 1 aliphatic heterocycles. The summed E-state index contributed by atoms with van der Waals surface area (Å²) < 4.78 is 32.3. The van der Waals surface area contributed by atoms with Gasteiger partial charge in [0, 0.05) is 37.6 Å². The van der Waals surface area contributed by atoms with Crippen molar-refractivity contribution in [1.82, 2.24) is 9.88 Å². The van der Waals surface area contributed by atoms with Crippen molar-refractivity contribution in [3.05, 3.63) is 70.7 Å². The average molecular weight is 487 g/mol. The van der Waals surface area contributed by atoms with Gasteiger partial charge in [0.2, 0.25) is 0 Å². The molecule has 4 rings (SSSR count). The third kappa shape index (κ3) is 5.59. The number of anilines is 2. The molecule has 1 aliphatic rings. The smallest absolute Gasteiger partial charge is 0.264 e. The Kier molecular flexibility index (Phi) is 7.08. The van der Waals surface area contributed by atoms with E-state index in [0.29, 0.717) is 16.4 Å². The fraction of sp³-hybridized carbons (Fsp3) is 0.304. The molecule has 0 atom stereocenters. The number of benzene rings is 2. The minimum absolute atomic E-state index is 0.217. The van der Waals surface area contributed by atoms with E-state index in [2.05, 4.69) is 15.2 Å². The maximum atomic E-state index is 12.9. The predicted octanol–water partition coefficient (Wildman–Crippen LogP) is 3.36. The maximum Gasteiger partial charge on any atom is 0.264 e. The van der Waals surface area contributed by atoms with Gasteiger partial charge in [-0.2, -0.15) is 0 Å². The predicted molar refractivity (Wildman–Crippen MR) is 129 cm³/mol. The molecule has 1 aromatic heterocycles. The van der Waals surface area contributed by atoms with Crippen LogP contribution in [0.1, 0.15) is 21.6 Å². The van der Waals surface area contributed by atoms with Crippen LogP contribution < -0.4 is 9.62 Å². The molecule has 1 fully saturated rings. The van der Waals surface area contributed by atoms with Gasteiger partial charge in [0.1, 0.15) is 0 Å². The summed E-state index contributed by atoms with van der Waals surface area (Å²) in [4.78, 5) is 19.6. The second-order valence-corrected chi connectivity index (χ2v) is 10.6. The molecular formula is C23H26N4O4S2. The van der Waals surface area contributed by atoms with E-state index < -0.39 is 10.0 Å². The molecule has 0 bridgehead atoms. The zero-order valence-electron chi connectivity index (χ0n) is 18.5. The van der Waals surface area contributed by atoms with Gasteiger partial charge >= 0.3 is 0 Å². The molecular weight excluding hydrogens is 460 g/mol. The Bertz CT molecular complexity index is 1200. The molecule has 0 unspecified atom stereocenters. The third-order valence-corrected chi connectivity index (χ3v) is 8.04. The van der Waals surface area contributed by atoms with E-state index in [-0.39, 0.29) is 10.8 Å². The van der Waals surface area contributed by atoms with Crippen LogP contribution in [-0.2, 0) is 21.3 Å². The van der Waals surface area contributed by atoms with Crippen LogP contribution in [0, 0.1) is 6.92 Å². The number of carbonyl (C=O) groups is 1. The molecule has 10 heteroatoms. The summed E-state index contributed by atoms with van der Waals surface area (Å²) in [6, 6.07) is 13.1. The van der Waals surface area contributed by atoms with Crippen molar-refractivity contribution in [2.45, 2.75) is 18.4 Å². The largest absolute Gasteiger partial charge is 0.379 e. The minimum Gasteiger partial charge on any atom is -0.379 e. The number of hydrogen-bond donors (Lipinski definition) is 1. The van der Waals surface area contributed by atoms with Gasteiger partial charge in [-0.25, -0.2) is 13.4 Å². The molecule has 33 heavy (non-hydrogen) atoms. The Morgan fingerprint density at radius 3 is 2.45 bits per heavy atom. The van der Waals surface area contributed by atoms with Crippen LogP contribution in [0.3, 0.4) is 0 Å². The number of thiazole rings is 1. The summed E-state index contributed by atoms with van der Waals surface area (Å²) in [5.74, 6) is -0.294. The number of rotatable bonds is 7. The van der Waals surface area contributed by atoms with Crippen molar-refractivity contribution in [3.8, 4) is 0 Å². The standard InChI is InChI=1S/C23H26N4O4S2/c1-17-3-9-21(10-4-17)33(29,30)26(2)20-7-5-18(6-8-20)22(28)25-23-24-19(16-32-23)15-27-11-13-31-14-12-27/h3-10,16H,11-15H2,1-2H3,(H,24,25,28). The first-order valence-electron chi connectivity index (χ1n) is 10.5. The topological polar surface area (TPSA) is 91.8 Å². The number of hydrogen-bond acceptors (Lipinski definition) is 7. The second-order valence-electron chi connectivity index (χ2n) is 7.82. The molecule has 0 aliphatic carbocycles. The number of carbonyl (C=O) groups excluding carboxylic acids is 1. The fourth-order valence-corrected chi connectivity index (χ4v) is 5.32. The molecule has 1 amide bonds. The van der Waals surface area contributed by atoms with Crippen LogP contribution in [0.4, 0.5) is 10.8 Å². The van der Waals surface area contributed by atoms with Crippen molar-refractivity contribution in [1.29, 1.82) is 0 Å². The molecule has 1 saturated heterocycles. The SMILES string of the molecule is Cc1ccc(S(=O)(=O)N(C)c2ccc(C(=O)Nc3nc(CN4CCOCC4)cs3)cc2)cc1. The van der Waals surface area contributed by atoms with E-state index in [9.17, 15) is 13.2 Å². The van der Waals surface area contributed by atoms with Crippen LogP contribution >= 0.6 is 11.3 Å². The van der Waals surface area contributed by atoms with Gasteiger partial charge in [0.15, 0.2) is 5.13 Å². The van der Waals surface area contributed by atoms with E-state index >= 15 is 0 Å². The van der Waals surface area contributed by atoms with Crippen molar-refractivity contribution in [2.24, 2.45) is 0 Å². The number of nitrogens with one attached hydrogen (secondary N) is 1. The van der Waals surface area contributed by atoms with Gasteiger partial charge in [-0.3, -0.25) is 19.3 Å². The monoisotopic (exact) mass is 486 g/mol. The number of aromatic nitrogens is 1. The number of aryl methyl sites for hydroxylation is 1. The van der Waals surface area contributed by atoms with Gasteiger partial charge in [0.25, 0.3) is 15.9 Å². The van der Waals surface area contributed by atoms with Crippen molar-refractivity contribution >= 4 is 38.1 Å². The van der Waals surface area contributed by atoms with Gasteiger partial charge in [-0.1, -0.05) is 17.7 Å². The normalized spacial score (nSPS) is 14.7. The summed E-state index contributed by atoms with van der Waals surface area (Å²) in [6.45, 7) is 5.84. The lowest BCUT2D eigenvalue weighted by molar-refractivity contribution is 0.0337. The van der Waals surface area contributed by atoms with Gasteiger partial charge in [-0.05, 0) is 43.3 Å². The van der Waals surface area contributed by atoms with Gasteiger partial charge in [-0.15, -0.1) is 11.3 Å². The summed E-state index contributed by atoms with van der Waals surface area (Å²) in [7, 11) is -2.19. The van der Waals surface area contributed by atoms with E-state index in [0.717, 1.165) is 44.1 Å². The van der Waals surface area contributed by atoms with Crippen LogP contribution in [0.2, 0.25) is 0 Å². The highest BCUT2D eigenvalue weighted by molar-refractivity contribution is 7.92. The lowest BCUT2D eigenvalue weighted by Crippen LogP contribution is -2.35. The third-order valence-electron chi connectivity index (χ3n) is 5.43. The summed E-state index contributed by atoms with van der Waals surface area (Å²) in [5, 5.41) is 5.30. The quantitative estimate of drug-likeness (QED) is 0.551. The molecule has 3 aromatic rings. The van der Waals surface area contributed by atoms with Crippen LogP contribution in [0.5, 0.6) is 0 Å². The highest BCUT2D eigenvalue weighted by Gasteiger charge is 2.21. The van der Waals surface area contributed by atoms with Crippen LogP contribution in [-0.4, -0.2) is 57.6 Å². The second kappa shape index (κ2) is 10.0. The lowest BCUT2D eigenvalue weighted by atomic mass is 10.2. The summed E-state index contributed by atoms with van der Waals surface area (Å²) in [5.41, 5.74) is 2.79. The Hall–Kier alpha value is -2.79. The highest BCUT2D eigenvalue weighted by Crippen LogP contribution is 2.23. The first-order chi connectivity index (χ1) is 15.8. The Labute approximate surface area is 197 Å². The number of nitrogens with zero attached hydrogens (tertiary/aromatic N) is 3. The number of morpholine rings is 1. The average Bonchev–Trinajstić information content (AvgIpc) is 3.26. The Morgan fingerprint density at radius 1 is 1.12 bits per heavy atom. The molecule has 174 valence electrons. The Morgan fingerprint density at radius 2 is 1.79 bits per heavy atom. The van der Waals surface area contributed by atoms with E-state index in [1.54, 1.807) is 48.5 Å². The van der Waals surface area contributed by atoms with Crippen molar-refractivity contribution in [2.75, 3.05) is 43.0 Å². The van der Waals surface area contributed by atoms with E-state index in [1.165, 1.54) is 22.7 Å². The molecule has 1 N–H and O–H groups in total. The number of amides is 1. The lowest BCUT2D eigenvalue weighted by Gasteiger charge is -2.25. The van der Waals surface area contributed by atoms with Gasteiger partial charge in [0.05, 0.1) is 29.5 Å². The van der Waals surface area contributed by atoms with Crippen molar-refractivity contribution in [3.63, 3.8) is 0 Å². The molecule has 0 spiro atoms. The zero-order chi connectivity index (χ0) is 23.4. The van der Waals surface area contributed by atoms with Crippen LogP contribution in [0.25, 0.3) is 0 Å². The number of sulfonamides is 1.